The number of sulfonamides is 1. The maximum Gasteiger partial charge on any atom is 0.528 e. The number of hydrogen-bond donors (Lipinski definition) is 2. The normalized spacial score (nSPS) is 12.4. The highest BCUT2D eigenvalue weighted by Gasteiger charge is 2.32. The van der Waals surface area contributed by atoms with Gasteiger partial charge in [0.05, 0.1) is 10.6 Å². The van der Waals surface area contributed by atoms with Gasteiger partial charge in [0.25, 0.3) is 16.3 Å². The Morgan fingerprint density at radius 3 is 2.21 bits per heavy atom. The van der Waals surface area contributed by atoms with E-state index in [1.54, 1.807) is 51.1 Å². The Morgan fingerprint density at radius 2 is 1.62 bits per heavy atom. The SMILES string of the molecule is CC(C)(C)OC(=O)Nc1ccc2cc(N(C[P+](=O)O)S(=O)(=O)c3cc(Cl)cc(Cl)c3)ccc2c1. The van der Waals surface area contributed by atoms with Gasteiger partial charge in [0.15, 0.2) is 0 Å². The first-order valence-corrected chi connectivity index (χ1v) is 13.5. The van der Waals surface area contributed by atoms with Gasteiger partial charge in [-0.1, -0.05) is 35.3 Å². The molecule has 0 saturated heterocycles. The minimum atomic E-state index is -4.26. The molecule has 0 radical (unpaired) electrons. The Bertz CT molecular complexity index is 1360. The van der Waals surface area contributed by atoms with E-state index in [1.165, 1.54) is 24.3 Å². The van der Waals surface area contributed by atoms with Crippen molar-refractivity contribution in [3.63, 3.8) is 0 Å². The zero-order valence-corrected chi connectivity index (χ0v) is 21.7. The third-order valence-corrected chi connectivity index (χ3v) is 7.33. The number of ether oxygens (including phenoxy) is 1. The molecule has 180 valence electrons. The molecule has 0 aliphatic rings. The number of fused-ring (bicyclic) bond motifs is 1. The average Bonchev–Trinajstić information content (AvgIpc) is 2.69. The molecule has 0 bridgehead atoms. The summed E-state index contributed by atoms with van der Waals surface area (Å²) in [5.74, 6) is 0. The van der Waals surface area contributed by atoms with Gasteiger partial charge in [-0.2, -0.15) is 4.89 Å². The van der Waals surface area contributed by atoms with Crippen LogP contribution in [0.3, 0.4) is 0 Å². The Labute approximate surface area is 208 Å². The number of anilines is 2. The first-order chi connectivity index (χ1) is 15.7. The molecule has 0 aromatic heterocycles. The van der Waals surface area contributed by atoms with Gasteiger partial charge in [-0.3, -0.25) is 5.32 Å². The summed E-state index contributed by atoms with van der Waals surface area (Å²) >= 11 is 11.9. The summed E-state index contributed by atoms with van der Waals surface area (Å²) in [6.45, 7) is 5.27. The van der Waals surface area contributed by atoms with Gasteiger partial charge in [0, 0.05) is 15.7 Å². The predicted molar refractivity (Wildman–Crippen MR) is 135 cm³/mol. The van der Waals surface area contributed by atoms with Crippen LogP contribution in [0.2, 0.25) is 10.0 Å². The molecule has 1 amide bonds. The van der Waals surface area contributed by atoms with Crippen LogP contribution >= 0.6 is 31.2 Å². The molecule has 1 atom stereocenters. The van der Waals surface area contributed by atoms with Gasteiger partial charge in [0.2, 0.25) is 0 Å². The Kier molecular flexibility index (Phi) is 7.75. The van der Waals surface area contributed by atoms with Crippen LogP contribution in [0.15, 0.2) is 59.5 Å². The second-order valence-corrected chi connectivity index (χ2v) is 12.0. The molecule has 0 aliphatic carbocycles. The molecule has 0 aliphatic heterocycles. The molecule has 34 heavy (non-hydrogen) atoms. The van der Waals surface area contributed by atoms with E-state index in [0.29, 0.717) is 16.5 Å². The third-order valence-electron chi connectivity index (χ3n) is 4.43. The summed E-state index contributed by atoms with van der Waals surface area (Å²) in [6, 6.07) is 13.6. The molecule has 3 aromatic carbocycles. The summed E-state index contributed by atoms with van der Waals surface area (Å²) < 4.78 is 44.3. The summed E-state index contributed by atoms with van der Waals surface area (Å²) in [4.78, 5) is 21.3. The zero-order chi connectivity index (χ0) is 25.3. The highest BCUT2D eigenvalue weighted by molar-refractivity contribution is 7.93. The van der Waals surface area contributed by atoms with Crippen LogP contribution in [0.5, 0.6) is 0 Å². The van der Waals surface area contributed by atoms with Crippen LogP contribution in [0.25, 0.3) is 10.8 Å². The second kappa shape index (κ2) is 10.1. The summed E-state index contributed by atoms with van der Waals surface area (Å²) in [5, 5.41) is 4.22. The number of nitrogens with zero attached hydrogens (tertiary/aromatic N) is 1. The fourth-order valence-corrected chi connectivity index (χ4v) is 6.24. The molecule has 0 saturated carbocycles. The monoisotopic (exact) mass is 543 g/mol. The van der Waals surface area contributed by atoms with Gasteiger partial charge in [-0.25, -0.2) is 17.5 Å². The number of rotatable bonds is 6. The van der Waals surface area contributed by atoms with Gasteiger partial charge < -0.3 is 4.74 Å². The lowest BCUT2D eigenvalue weighted by Gasteiger charge is -2.21. The number of hydrogen-bond acceptors (Lipinski definition) is 5. The number of carbonyl (C=O) groups excluding carboxylic acids is 1. The van der Waals surface area contributed by atoms with Crippen molar-refractivity contribution in [2.75, 3.05) is 15.9 Å². The van der Waals surface area contributed by atoms with Crippen molar-refractivity contribution < 1.29 is 27.4 Å². The van der Waals surface area contributed by atoms with E-state index in [4.69, 9.17) is 27.9 Å². The Morgan fingerprint density at radius 1 is 1.03 bits per heavy atom. The maximum absolute atomic E-state index is 13.3. The number of nitrogens with one attached hydrogen (secondary N) is 1. The van der Waals surface area contributed by atoms with E-state index in [-0.39, 0.29) is 20.6 Å². The lowest BCUT2D eigenvalue weighted by atomic mass is 10.1. The van der Waals surface area contributed by atoms with Crippen LogP contribution in [0, 0.1) is 0 Å². The molecule has 2 N–H and O–H groups in total. The molecule has 8 nitrogen and oxygen atoms in total. The van der Waals surface area contributed by atoms with Crippen LogP contribution < -0.4 is 9.62 Å². The molecule has 12 heteroatoms. The van der Waals surface area contributed by atoms with Gasteiger partial charge >= 0.3 is 14.1 Å². The van der Waals surface area contributed by atoms with E-state index in [9.17, 15) is 22.7 Å². The first-order valence-electron chi connectivity index (χ1n) is 9.91. The van der Waals surface area contributed by atoms with E-state index < -0.39 is 36.0 Å². The lowest BCUT2D eigenvalue weighted by Crippen LogP contribution is -2.30. The highest BCUT2D eigenvalue weighted by atomic mass is 35.5. The van der Waals surface area contributed by atoms with E-state index in [0.717, 1.165) is 4.31 Å². The van der Waals surface area contributed by atoms with Gasteiger partial charge in [-0.15, -0.1) is 0 Å². The second-order valence-electron chi connectivity index (χ2n) is 8.33. The molecule has 0 fully saturated rings. The molecular weight excluding hydrogens is 522 g/mol. The fourth-order valence-electron chi connectivity index (χ4n) is 3.10. The molecule has 3 rings (SSSR count). The minimum absolute atomic E-state index is 0.114. The summed E-state index contributed by atoms with van der Waals surface area (Å²) in [6.07, 6.45) is -1.27. The number of halogens is 2. The van der Waals surface area contributed by atoms with Crippen LogP contribution in [0.4, 0.5) is 16.2 Å². The van der Waals surface area contributed by atoms with E-state index in [1.807, 2.05) is 0 Å². The van der Waals surface area contributed by atoms with Crippen LogP contribution in [-0.4, -0.2) is 31.3 Å². The molecule has 0 spiro atoms. The smallest absolute Gasteiger partial charge is 0.444 e. The van der Waals surface area contributed by atoms with Crippen LogP contribution in [0.1, 0.15) is 20.8 Å². The third kappa shape index (κ3) is 6.58. The Hall–Kier alpha value is -2.42. The van der Waals surface area contributed by atoms with Gasteiger partial charge in [-0.05, 0) is 78.6 Å². The van der Waals surface area contributed by atoms with Crippen molar-refractivity contribution in [1.82, 2.24) is 0 Å². The zero-order valence-electron chi connectivity index (χ0n) is 18.5. The number of amides is 1. The van der Waals surface area contributed by atoms with Crippen molar-refractivity contribution in [3.05, 3.63) is 64.6 Å². The Balaban J connectivity index is 1.98. The standard InChI is InChI=1S/C22H21Cl2N2O6PS/c1-22(2,3)32-21(27)25-18-6-4-15-9-19(7-5-14(15)8-18)26(13-33(28)29)34(30,31)20-11-16(23)10-17(24)12-20/h4-12H,13H2,1-3H3,(H-,25,27,28,29)/p+1. The fraction of sp³-hybridized carbons (Fsp3) is 0.227. The average molecular weight is 544 g/mol. The molecule has 3 aromatic rings. The van der Waals surface area contributed by atoms with Crippen LogP contribution in [-0.2, 0) is 19.3 Å². The minimum Gasteiger partial charge on any atom is -0.444 e. The van der Waals surface area contributed by atoms with Crippen molar-refractivity contribution in [1.29, 1.82) is 0 Å². The van der Waals surface area contributed by atoms with Gasteiger partial charge in [0.1, 0.15) is 5.60 Å². The van der Waals surface area contributed by atoms with Crippen molar-refractivity contribution in [2.24, 2.45) is 0 Å². The number of carbonyl (C=O) groups is 1. The largest absolute Gasteiger partial charge is 0.528 e. The molecular formula is C22H22Cl2N2O6PS+. The van der Waals surface area contributed by atoms with E-state index in [2.05, 4.69) is 5.32 Å². The predicted octanol–water partition coefficient (Wildman–Crippen LogP) is 6.38. The first kappa shape index (κ1) is 26.2. The highest BCUT2D eigenvalue weighted by Crippen LogP contribution is 2.33. The van der Waals surface area contributed by atoms with Crippen molar-refractivity contribution in [2.45, 2.75) is 31.3 Å². The lowest BCUT2D eigenvalue weighted by molar-refractivity contribution is 0.0636. The summed E-state index contributed by atoms with van der Waals surface area (Å²) in [5.41, 5.74) is 0.0194. The van der Waals surface area contributed by atoms with Crippen molar-refractivity contribution >= 4 is 69.5 Å². The number of benzene rings is 3. The summed E-state index contributed by atoms with van der Waals surface area (Å²) in [7, 11) is -7.09. The topological polar surface area (TPSA) is 113 Å². The van der Waals surface area contributed by atoms with Crippen molar-refractivity contribution in [3.8, 4) is 0 Å². The van der Waals surface area contributed by atoms with E-state index >= 15 is 0 Å². The quantitative estimate of drug-likeness (QED) is 0.348. The maximum atomic E-state index is 13.3. The molecule has 0 heterocycles. The molecule has 1 unspecified atom stereocenters.